The number of ether oxygens (including phenoxy) is 1. The molecule has 2 N–H and O–H groups in total. The Morgan fingerprint density at radius 3 is 2.67 bits per heavy atom. The van der Waals surface area contributed by atoms with Gasteiger partial charge in [0.05, 0.1) is 18.7 Å². The minimum Gasteiger partial charge on any atom is -0.378 e. The molecule has 0 saturated heterocycles. The molecular formula is C22H21FN4O3. The molecule has 0 spiro atoms. The summed E-state index contributed by atoms with van der Waals surface area (Å²) in [7, 11) is 1.55. The molecule has 1 aliphatic rings. The van der Waals surface area contributed by atoms with Crippen molar-refractivity contribution in [3.63, 3.8) is 0 Å². The highest BCUT2D eigenvalue weighted by Gasteiger charge is 2.37. The SMILES string of the molecule is COCc1nn2c(c1-c1ccc(F)cc1)NC(=O)C2CC(=O)Nc1ccccc1C. The number of anilines is 2. The molecule has 1 aliphatic heterocycles. The number of halogens is 1. The van der Waals surface area contributed by atoms with Crippen molar-refractivity contribution < 1.29 is 18.7 Å². The topological polar surface area (TPSA) is 85.2 Å². The summed E-state index contributed by atoms with van der Waals surface area (Å²) in [5.74, 6) is -0.479. The van der Waals surface area contributed by atoms with Crippen LogP contribution in [0.1, 0.15) is 23.7 Å². The Labute approximate surface area is 172 Å². The summed E-state index contributed by atoms with van der Waals surface area (Å²) in [5.41, 5.74) is 3.60. The van der Waals surface area contributed by atoms with E-state index in [4.69, 9.17) is 4.74 Å². The number of nitrogens with zero attached hydrogens (tertiary/aromatic N) is 2. The number of rotatable bonds is 6. The van der Waals surface area contributed by atoms with Crippen LogP contribution in [0.5, 0.6) is 0 Å². The van der Waals surface area contributed by atoms with Crippen molar-refractivity contribution in [3.8, 4) is 11.1 Å². The largest absolute Gasteiger partial charge is 0.378 e. The Kier molecular flexibility index (Phi) is 5.33. The monoisotopic (exact) mass is 408 g/mol. The second-order valence-electron chi connectivity index (χ2n) is 7.13. The van der Waals surface area contributed by atoms with Gasteiger partial charge in [-0.3, -0.25) is 9.59 Å². The van der Waals surface area contributed by atoms with Crippen molar-refractivity contribution in [1.29, 1.82) is 0 Å². The summed E-state index contributed by atoms with van der Waals surface area (Å²) in [6, 6.07) is 12.6. The molecule has 1 aromatic heterocycles. The predicted octanol–water partition coefficient (Wildman–Crippen LogP) is 3.67. The van der Waals surface area contributed by atoms with Crippen LogP contribution in [-0.4, -0.2) is 28.7 Å². The number of para-hydroxylation sites is 1. The maximum atomic E-state index is 13.4. The number of fused-ring (bicyclic) bond motifs is 1. The van der Waals surface area contributed by atoms with Gasteiger partial charge in [-0.05, 0) is 36.2 Å². The average Bonchev–Trinajstić information content (AvgIpc) is 3.20. The number of aromatic nitrogens is 2. The number of hydrogen-bond acceptors (Lipinski definition) is 4. The van der Waals surface area contributed by atoms with Crippen LogP contribution >= 0.6 is 0 Å². The van der Waals surface area contributed by atoms with Gasteiger partial charge in [0.2, 0.25) is 5.91 Å². The second-order valence-corrected chi connectivity index (χ2v) is 7.13. The summed E-state index contributed by atoms with van der Waals surface area (Å²) in [4.78, 5) is 25.2. The quantitative estimate of drug-likeness (QED) is 0.652. The summed E-state index contributed by atoms with van der Waals surface area (Å²) in [5, 5.41) is 10.2. The van der Waals surface area contributed by atoms with E-state index in [1.165, 1.54) is 16.8 Å². The fourth-order valence-corrected chi connectivity index (χ4v) is 3.56. The number of nitrogens with one attached hydrogen (secondary N) is 2. The van der Waals surface area contributed by atoms with Gasteiger partial charge in [-0.1, -0.05) is 30.3 Å². The third-order valence-corrected chi connectivity index (χ3v) is 5.03. The predicted molar refractivity (Wildman–Crippen MR) is 110 cm³/mol. The zero-order valence-electron chi connectivity index (χ0n) is 16.6. The van der Waals surface area contributed by atoms with Crippen LogP contribution in [0.4, 0.5) is 15.9 Å². The number of aryl methyl sites for hydroxylation is 1. The molecule has 2 heterocycles. The molecule has 30 heavy (non-hydrogen) atoms. The number of hydrogen-bond donors (Lipinski definition) is 2. The van der Waals surface area contributed by atoms with E-state index < -0.39 is 6.04 Å². The van der Waals surface area contributed by atoms with Crippen LogP contribution < -0.4 is 10.6 Å². The molecule has 7 nitrogen and oxygen atoms in total. The Morgan fingerprint density at radius 2 is 1.97 bits per heavy atom. The van der Waals surface area contributed by atoms with Crippen LogP contribution in [0, 0.1) is 12.7 Å². The van der Waals surface area contributed by atoms with E-state index in [2.05, 4.69) is 15.7 Å². The number of carbonyl (C=O) groups excluding carboxylic acids is 2. The van der Waals surface area contributed by atoms with Gasteiger partial charge in [0.25, 0.3) is 5.91 Å². The highest BCUT2D eigenvalue weighted by molar-refractivity contribution is 6.04. The van der Waals surface area contributed by atoms with Gasteiger partial charge in [-0.2, -0.15) is 5.10 Å². The molecule has 0 fully saturated rings. The van der Waals surface area contributed by atoms with E-state index in [-0.39, 0.29) is 30.7 Å². The fourth-order valence-electron chi connectivity index (χ4n) is 3.56. The Morgan fingerprint density at radius 1 is 1.23 bits per heavy atom. The molecule has 4 rings (SSSR count). The lowest BCUT2D eigenvalue weighted by Crippen LogP contribution is -2.24. The smallest absolute Gasteiger partial charge is 0.251 e. The molecule has 3 aromatic rings. The normalized spacial score (nSPS) is 15.0. The number of carbonyl (C=O) groups is 2. The first-order valence-corrected chi connectivity index (χ1v) is 9.50. The fraction of sp³-hybridized carbons (Fsp3) is 0.227. The maximum absolute atomic E-state index is 13.4. The minimum atomic E-state index is -0.783. The number of methoxy groups -OCH3 is 1. The third-order valence-electron chi connectivity index (χ3n) is 5.03. The average molecular weight is 408 g/mol. The van der Waals surface area contributed by atoms with Crippen molar-refractivity contribution in [2.75, 3.05) is 17.7 Å². The van der Waals surface area contributed by atoms with Crippen LogP contribution in [0.25, 0.3) is 11.1 Å². The molecule has 1 unspecified atom stereocenters. The first-order chi connectivity index (χ1) is 14.5. The van der Waals surface area contributed by atoms with Crippen molar-refractivity contribution in [1.82, 2.24) is 9.78 Å². The molecule has 0 radical (unpaired) electrons. The van der Waals surface area contributed by atoms with Crippen molar-refractivity contribution in [2.24, 2.45) is 0 Å². The van der Waals surface area contributed by atoms with Crippen molar-refractivity contribution in [3.05, 3.63) is 65.6 Å². The van der Waals surface area contributed by atoms with E-state index in [1.807, 2.05) is 31.2 Å². The Balaban J connectivity index is 1.63. The zero-order valence-corrected chi connectivity index (χ0v) is 16.6. The lowest BCUT2D eigenvalue weighted by Gasteiger charge is -2.11. The van der Waals surface area contributed by atoms with E-state index in [0.29, 0.717) is 28.3 Å². The molecule has 0 bridgehead atoms. The Hall–Kier alpha value is -3.52. The van der Waals surface area contributed by atoms with E-state index in [1.54, 1.807) is 19.2 Å². The third kappa shape index (κ3) is 3.69. The first kappa shape index (κ1) is 19.8. The molecule has 0 aliphatic carbocycles. The van der Waals surface area contributed by atoms with Gasteiger partial charge < -0.3 is 15.4 Å². The van der Waals surface area contributed by atoms with Crippen LogP contribution in [0.3, 0.4) is 0 Å². The maximum Gasteiger partial charge on any atom is 0.251 e. The zero-order chi connectivity index (χ0) is 21.3. The van der Waals surface area contributed by atoms with Gasteiger partial charge in [0.1, 0.15) is 17.7 Å². The molecule has 0 saturated carbocycles. The van der Waals surface area contributed by atoms with Crippen LogP contribution in [0.15, 0.2) is 48.5 Å². The molecule has 1 atom stereocenters. The molecular weight excluding hydrogens is 387 g/mol. The summed E-state index contributed by atoms with van der Waals surface area (Å²) in [6.45, 7) is 2.11. The molecule has 2 aromatic carbocycles. The molecule has 154 valence electrons. The standard InChI is InChI=1S/C22H21FN4O3/c1-13-5-3-4-6-16(13)24-19(28)11-18-22(29)25-21-20(14-7-9-15(23)10-8-14)17(12-30-2)26-27(18)21/h3-10,18H,11-12H2,1-2H3,(H,24,28)(H,25,29). The van der Waals surface area contributed by atoms with Gasteiger partial charge in [-0.25, -0.2) is 9.07 Å². The van der Waals surface area contributed by atoms with Crippen molar-refractivity contribution in [2.45, 2.75) is 26.0 Å². The van der Waals surface area contributed by atoms with Gasteiger partial charge >= 0.3 is 0 Å². The highest BCUT2D eigenvalue weighted by atomic mass is 19.1. The van der Waals surface area contributed by atoms with Gasteiger partial charge in [0.15, 0.2) is 0 Å². The Bertz CT molecular complexity index is 1110. The van der Waals surface area contributed by atoms with E-state index in [9.17, 15) is 14.0 Å². The minimum absolute atomic E-state index is 0.0653. The number of amides is 2. The van der Waals surface area contributed by atoms with E-state index >= 15 is 0 Å². The van der Waals surface area contributed by atoms with Crippen molar-refractivity contribution >= 4 is 23.3 Å². The summed E-state index contributed by atoms with van der Waals surface area (Å²) >= 11 is 0. The lowest BCUT2D eigenvalue weighted by atomic mass is 10.1. The van der Waals surface area contributed by atoms with Gasteiger partial charge in [-0.15, -0.1) is 0 Å². The summed E-state index contributed by atoms with van der Waals surface area (Å²) in [6.07, 6.45) is -0.0653. The van der Waals surface area contributed by atoms with E-state index in [0.717, 1.165) is 5.56 Å². The van der Waals surface area contributed by atoms with Crippen LogP contribution in [0.2, 0.25) is 0 Å². The van der Waals surface area contributed by atoms with Crippen LogP contribution in [-0.2, 0) is 20.9 Å². The first-order valence-electron chi connectivity index (χ1n) is 9.50. The summed E-state index contributed by atoms with van der Waals surface area (Å²) < 4.78 is 20.1. The molecule has 8 heteroatoms. The number of benzene rings is 2. The highest BCUT2D eigenvalue weighted by Crippen LogP contribution is 2.39. The lowest BCUT2D eigenvalue weighted by molar-refractivity contribution is -0.123. The molecule has 2 amide bonds. The van der Waals surface area contributed by atoms with Gasteiger partial charge in [0, 0.05) is 18.4 Å². The second kappa shape index (κ2) is 8.08.